The zero-order chi connectivity index (χ0) is 13.8. The number of pyridine rings is 1. The van der Waals surface area contributed by atoms with Gasteiger partial charge in [-0.25, -0.2) is 0 Å². The Morgan fingerprint density at radius 1 is 1.30 bits per heavy atom. The highest BCUT2D eigenvalue weighted by Gasteiger charge is 2.21. The quantitative estimate of drug-likeness (QED) is 0.905. The highest BCUT2D eigenvalue weighted by Crippen LogP contribution is 2.34. The molecule has 0 aliphatic carbocycles. The van der Waals surface area contributed by atoms with E-state index in [9.17, 15) is 0 Å². The van der Waals surface area contributed by atoms with Crippen molar-refractivity contribution in [2.24, 2.45) is 0 Å². The Morgan fingerprint density at radius 3 is 3.05 bits per heavy atom. The number of para-hydroxylation sites is 1. The summed E-state index contributed by atoms with van der Waals surface area (Å²) in [6.45, 7) is 3.88. The van der Waals surface area contributed by atoms with Crippen molar-refractivity contribution in [3.63, 3.8) is 0 Å². The van der Waals surface area contributed by atoms with Gasteiger partial charge in [-0.3, -0.25) is 4.98 Å². The van der Waals surface area contributed by atoms with Crippen LogP contribution >= 0.6 is 0 Å². The van der Waals surface area contributed by atoms with Crippen LogP contribution in [-0.4, -0.2) is 18.1 Å². The summed E-state index contributed by atoms with van der Waals surface area (Å²) in [7, 11) is 0. The highest BCUT2D eigenvalue weighted by atomic mass is 16.5. The molecule has 3 nitrogen and oxygen atoms in total. The number of nitrogens with one attached hydrogen (secondary N) is 1. The van der Waals surface area contributed by atoms with Crippen molar-refractivity contribution in [2.45, 2.75) is 25.8 Å². The first kappa shape index (κ1) is 13.1. The average Bonchev–Trinajstić information content (AvgIpc) is 2.96. The molecule has 0 fully saturated rings. The molecule has 20 heavy (non-hydrogen) atoms. The lowest BCUT2D eigenvalue weighted by atomic mass is 9.96. The van der Waals surface area contributed by atoms with Crippen molar-refractivity contribution in [3.05, 3.63) is 59.4 Å². The van der Waals surface area contributed by atoms with E-state index in [0.29, 0.717) is 0 Å². The maximum atomic E-state index is 5.84. The molecule has 1 aliphatic rings. The zero-order valence-corrected chi connectivity index (χ0v) is 11.8. The van der Waals surface area contributed by atoms with E-state index >= 15 is 0 Å². The number of hydrogen-bond donors (Lipinski definition) is 1. The molecule has 1 atom stereocenters. The molecular formula is C17H20N2O. The number of ether oxygens (including phenoxy) is 1. The van der Waals surface area contributed by atoms with E-state index in [1.54, 1.807) is 0 Å². The Bertz CT molecular complexity index is 568. The maximum absolute atomic E-state index is 5.84. The highest BCUT2D eigenvalue weighted by molar-refractivity contribution is 5.46. The summed E-state index contributed by atoms with van der Waals surface area (Å²) >= 11 is 0. The third-order valence-corrected chi connectivity index (χ3v) is 3.73. The van der Waals surface area contributed by atoms with E-state index in [4.69, 9.17) is 4.74 Å². The molecule has 1 N–H and O–H groups in total. The van der Waals surface area contributed by atoms with Crippen LogP contribution in [0.3, 0.4) is 0 Å². The standard InChI is InChI=1S/C17H20N2O/c1-2-19-16(11-13-5-4-9-18-12-13)15-7-3-6-14-8-10-20-17(14)15/h3-7,9,12,16,19H,2,8,10-11H2,1H3. The van der Waals surface area contributed by atoms with Crippen LogP contribution in [0.1, 0.15) is 29.7 Å². The molecule has 1 aromatic carbocycles. The van der Waals surface area contributed by atoms with Crippen LogP contribution in [-0.2, 0) is 12.8 Å². The van der Waals surface area contributed by atoms with Crippen molar-refractivity contribution < 1.29 is 4.74 Å². The van der Waals surface area contributed by atoms with E-state index in [2.05, 4.69) is 41.5 Å². The fourth-order valence-corrected chi connectivity index (χ4v) is 2.81. The number of rotatable bonds is 5. The molecule has 0 radical (unpaired) electrons. The minimum atomic E-state index is 0.275. The van der Waals surface area contributed by atoms with Gasteiger partial charge in [0.15, 0.2) is 0 Å². The van der Waals surface area contributed by atoms with Crippen LogP contribution in [0.15, 0.2) is 42.7 Å². The summed E-state index contributed by atoms with van der Waals surface area (Å²) < 4.78 is 5.84. The van der Waals surface area contributed by atoms with Gasteiger partial charge < -0.3 is 10.1 Å². The van der Waals surface area contributed by atoms with Gasteiger partial charge in [-0.05, 0) is 30.2 Å². The number of benzene rings is 1. The molecule has 0 saturated heterocycles. The van der Waals surface area contributed by atoms with Crippen molar-refractivity contribution >= 4 is 0 Å². The van der Waals surface area contributed by atoms with Gasteiger partial charge in [0, 0.05) is 30.4 Å². The summed E-state index contributed by atoms with van der Waals surface area (Å²) in [6, 6.07) is 10.9. The predicted molar refractivity (Wildman–Crippen MR) is 80.0 cm³/mol. The topological polar surface area (TPSA) is 34.2 Å². The van der Waals surface area contributed by atoms with Gasteiger partial charge in [-0.15, -0.1) is 0 Å². The molecule has 2 aromatic rings. The molecule has 2 heterocycles. The van der Waals surface area contributed by atoms with E-state index in [-0.39, 0.29) is 6.04 Å². The molecule has 3 heteroatoms. The van der Waals surface area contributed by atoms with Crippen molar-refractivity contribution in [3.8, 4) is 5.75 Å². The maximum Gasteiger partial charge on any atom is 0.127 e. The van der Waals surface area contributed by atoms with E-state index in [1.165, 1.54) is 16.7 Å². The number of likely N-dealkylation sites (N-methyl/N-ethyl adjacent to an activating group) is 1. The largest absolute Gasteiger partial charge is 0.493 e. The Morgan fingerprint density at radius 2 is 2.25 bits per heavy atom. The van der Waals surface area contributed by atoms with Crippen molar-refractivity contribution in [1.29, 1.82) is 0 Å². The second kappa shape index (κ2) is 6.06. The van der Waals surface area contributed by atoms with Crippen LogP contribution in [0.5, 0.6) is 5.75 Å². The van der Waals surface area contributed by atoms with E-state index in [1.807, 2.05) is 18.5 Å². The fourth-order valence-electron chi connectivity index (χ4n) is 2.81. The van der Waals surface area contributed by atoms with Crippen LogP contribution in [0.4, 0.5) is 0 Å². The van der Waals surface area contributed by atoms with Gasteiger partial charge >= 0.3 is 0 Å². The number of fused-ring (bicyclic) bond motifs is 1. The normalized spacial score (nSPS) is 14.7. The van der Waals surface area contributed by atoms with Crippen LogP contribution < -0.4 is 10.1 Å². The van der Waals surface area contributed by atoms with Gasteiger partial charge in [0.05, 0.1) is 6.61 Å². The minimum Gasteiger partial charge on any atom is -0.493 e. The summed E-state index contributed by atoms with van der Waals surface area (Å²) in [5.41, 5.74) is 3.84. The van der Waals surface area contributed by atoms with Gasteiger partial charge in [-0.2, -0.15) is 0 Å². The number of aromatic nitrogens is 1. The molecule has 3 rings (SSSR count). The van der Waals surface area contributed by atoms with Crippen LogP contribution in [0, 0.1) is 0 Å². The molecule has 0 bridgehead atoms. The monoisotopic (exact) mass is 268 g/mol. The van der Waals surface area contributed by atoms with Crippen LogP contribution in [0.2, 0.25) is 0 Å². The molecule has 1 aromatic heterocycles. The first-order valence-corrected chi connectivity index (χ1v) is 7.25. The second-order valence-electron chi connectivity index (χ2n) is 5.11. The van der Waals surface area contributed by atoms with Crippen molar-refractivity contribution in [2.75, 3.05) is 13.2 Å². The van der Waals surface area contributed by atoms with Gasteiger partial charge in [-0.1, -0.05) is 31.2 Å². The average molecular weight is 268 g/mol. The second-order valence-corrected chi connectivity index (χ2v) is 5.11. The smallest absolute Gasteiger partial charge is 0.127 e. The fraction of sp³-hybridized carbons (Fsp3) is 0.353. The molecular weight excluding hydrogens is 248 g/mol. The zero-order valence-electron chi connectivity index (χ0n) is 11.8. The van der Waals surface area contributed by atoms with Crippen LogP contribution in [0.25, 0.3) is 0 Å². The lowest BCUT2D eigenvalue weighted by molar-refractivity contribution is 0.348. The molecule has 1 aliphatic heterocycles. The third kappa shape index (κ3) is 2.68. The molecule has 0 saturated carbocycles. The molecule has 0 amide bonds. The van der Waals surface area contributed by atoms with E-state index < -0.39 is 0 Å². The van der Waals surface area contributed by atoms with Gasteiger partial charge in [0.1, 0.15) is 5.75 Å². The van der Waals surface area contributed by atoms with Crippen molar-refractivity contribution in [1.82, 2.24) is 10.3 Å². The first-order chi connectivity index (χ1) is 9.88. The first-order valence-electron chi connectivity index (χ1n) is 7.25. The molecule has 0 spiro atoms. The number of nitrogens with zero attached hydrogens (tertiary/aromatic N) is 1. The summed E-state index contributed by atoms with van der Waals surface area (Å²) in [4.78, 5) is 4.20. The lowest BCUT2D eigenvalue weighted by Gasteiger charge is -2.20. The summed E-state index contributed by atoms with van der Waals surface area (Å²) in [6.07, 6.45) is 5.71. The van der Waals surface area contributed by atoms with Gasteiger partial charge in [0.2, 0.25) is 0 Å². The SMILES string of the molecule is CCNC(Cc1cccnc1)c1cccc2c1OCC2. The Labute approximate surface area is 120 Å². The summed E-state index contributed by atoms with van der Waals surface area (Å²) in [5.74, 6) is 1.09. The third-order valence-electron chi connectivity index (χ3n) is 3.73. The Hall–Kier alpha value is -1.87. The Kier molecular flexibility index (Phi) is 3.97. The molecule has 104 valence electrons. The predicted octanol–water partition coefficient (Wildman–Crippen LogP) is 2.91. The van der Waals surface area contributed by atoms with Gasteiger partial charge in [0.25, 0.3) is 0 Å². The summed E-state index contributed by atoms with van der Waals surface area (Å²) in [5, 5.41) is 3.57. The Balaban J connectivity index is 1.89. The van der Waals surface area contributed by atoms with E-state index in [0.717, 1.165) is 31.7 Å². The number of hydrogen-bond acceptors (Lipinski definition) is 3. The molecule has 1 unspecified atom stereocenters. The minimum absolute atomic E-state index is 0.275. The lowest BCUT2D eigenvalue weighted by Crippen LogP contribution is -2.23.